The van der Waals surface area contributed by atoms with E-state index in [1.54, 1.807) is 12.1 Å². The zero-order valence-corrected chi connectivity index (χ0v) is 14.9. The third-order valence-corrected chi connectivity index (χ3v) is 3.90. The monoisotopic (exact) mass is 399 g/mol. The fourth-order valence-electron chi connectivity index (χ4n) is 1.87. The third-order valence-electron chi connectivity index (χ3n) is 2.89. The van der Waals surface area contributed by atoms with Crippen molar-refractivity contribution in [2.75, 3.05) is 12.3 Å². The summed E-state index contributed by atoms with van der Waals surface area (Å²) in [6.07, 6.45) is -0.764. The van der Waals surface area contributed by atoms with E-state index in [1.807, 2.05) is 36.4 Å². The first-order chi connectivity index (χ1) is 10.6. The van der Waals surface area contributed by atoms with Crippen LogP contribution in [0.4, 0.5) is 0 Å². The second kappa shape index (κ2) is 8.46. The van der Waals surface area contributed by atoms with Gasteiger partial charge in [-0.2, -0.15) is 12.6 Å². The standard InChI is InChI=1S/C16H15BrClNO2S/c17-12-6-7-14(13(18)10-12)21-15(16(20)19-8-9-22)11-4-2-1-3-5-11/h1-7,10,15,22H,8-9H2,(H,19,20). The molecule has 0 radical (unpaired) electrons. The first kappa shape index (κ1) is 17.2. The number of hydrogen-bond donors (Lipinski definition) is 2. The van der Waals surface area contributed by atoms with E-state index >= 15 is 0 Å². The van der Waals surface area contributed by atoms with Crippen molar-refractivity contribution in [2.45, 2.75) is 6.10 Å². The number of halogens is 2. The lowest BCUT2D eigenvalue weighted by Crippen LogP contribution is -2.33. The quantitative estimate of drug-likeness (QED) is 0.711. The van der Waals surface area contributed by atoms with E-state index in [9.17, 15) is 4.79 Å². The van der Waals surface area contributed by atoms with E-state index in [4.69, 9.17) is 16.3 Å². The van der Waals surface area contributed by atoms with Gasteiger partial charge in [0, 0.05) is 22.3 Å². The number of rotatable bonds is 6. The molecule has 0 aliphatic rings. The van der Waals surface area contributed by atoms with Gasteiger partial charge in [0.05, 0.1) is 5.02 Å². The van der Waals surface area contributed by atoms with Crippen molar-refractivity contribution < 1.29 is 9.53 Å². The Bertz CT molecular complexity index is 639. The van der Waals surface area contributed by atoms with Crippen LogP contribution in [-0.4, -0.2) is 18.2 Å². The van der Waals surface area contributed by atoms with Crippen LogP contribution in [0.2, 0.25) is 5.02 Å². The molecule has 1 atom stereocenters. The molecule has 22 heavy (non-hydrogen) atoms. The molecule has 1 N–H and O–H groups in total. The van der Waals surface area contributed by atoms with Gasteiger partial charge in [-0.3, -0.25) is 4.79 Å². The molecule has 2 aromatic rings. The number of ether oxygens (including phenoxy) is 1. The van der Waals surface area contributed by atoms with Gasteiger partial charge in [0.25, 0.3) is 5.91 Å². The second-order valence-corrected chi connectivity index (χ2v) is 6.27. The summed E-state index contributed by atoms with van der Waals surface area (Å²) < 4.78 is 6.70. The van der Waals surface area contributed by atoms with Crippen LogP contribution < -0.4 is 10.1 Å². The highest BCUT2D eigenvalue weighted by molar-refractivity contribution is 9.10. The van der Waals surface area contributed by atoms with E-state index in [2.05, 4.69) is 33.9 Å². The SMILES string of the molecule is O=C(NCCS)C(Oc1ccc(Br)cc1Cl)c1ccccc1. The number of hydrogen-bond acceptors (Lipinski definition) is 3. The maximum Gasteiger partial charge on any atom is 0.265 e. The largest absolute Gasteiger partial charge is 0.474 e. The van der Waals surface area contributed by atoms with Crippen molar-refractivity contribution >= 4 is 46.1 Å². The van der Waals surface area contributed by atoms with Crippen LogP contribution in [0.25, 0.3) is 0 Å². The predicted octanol–water partition coefficient (Wildman–Crippen LogP) is 4.27. The normalized spacial score (nSPS) is 11.8. The van der Waals surface area contributed by atoms with Gasteiger partial charge in [-0.05, 0) is 18.2 Å². The van der Waals surface area contributed by atoms with Crippen LogP contribution in [0.15, 0.2) is 53.0 Å². The zero-order valence-electron chi connectivity index (χ0n) is 11.6. The molecule has 6 heteroatoms. The number of thiol groups is 1. The van der Waals surface area contributed by atoms with Gasteiger partial charge in [0.15, 0.2) is 0 Å². The molecule has 0 saturated heterocycles. The Morgan fingerprint density at radius 3 is 2.64 bits per heavy atom. The van der Waals surface area contributed by atoms with Crippen LogP contribution >= 0.6 is 40.2 Å². The highest BCUT2D eigenvalue weighted by Crippen LogP contribution is 2.31. The van der Waals surface area contributed by atoms with Crippen molar-refractivity contribution in [3.8, 4) is 5.75 Å². The first-order valence-electron chi connectivity index (χ1n) is 6.67. The highest BCUT2D eigenvalue weighted by atomic mass is 79.9. The van der Waals surface area contributed by atoms with Crippen molar-refractivity contribution in [3.63, 3.8) is 0 Å². The number of carbonyl (C=O) groups excluding carboxylic acids is 1. The summed E-state index contributed by atoms with van der Waals surface area (Å²) in [5, 5.41) is 3.23. The Labute approximate surface area is 148 Å². The lowest BCUT2D eigenvalue weighted by molar-refractivity contribution is -0.128. The lowest BCUT2D eigenvalue weighted by atomic mass is 10.1. The molecule has 0 heterocycles. The minimum absolute atomic E-state index is 0.223. The molecule has 0 aliphatic carbocycles. The number of carbonyl (C=O) groups is 1. The first-order valence-corrected chi connectivity index (χ1v) is 8.47. The van der Waals surface area contributed by atoms with E-state index in [0.717, 1.165) is 10.0 Å². The predicted molar refractivity (Wildman–Crippen MR) is 95.8 cm³/mol. The summed E-state index contributed by atoms with van der Waals surface area (Å²) in [7, 11) is 0. The topological polar surface area (TPSA) is 38.3 Å². The summed E-state index contributed by atoms with van der Waals surface area (Å²) in [5.74, 6) is 0.797. The van der Waals surface area contributed by atoms with Crippen molar-refractivity contribution in [1.29, 1.82) is 0 Å². The molecule has 2 aromatic carbocycles. The molecular weight excluding hydrogens is 386 g/mol. The summed E-state index contributed by atoms with van der Waals surface area (Å²) in [6.45, 7) is 0.475. The molecule has 3 nitrogen and oxygen atoms in total. The average molecular weight is 401 g/mol. The summed E-state index contributed by atoms with van der Waals surface area (Å²) in [4.78, 5) is 12.4. The van der Waals surface area contributed by atoms with Crippen molar-refractivity contribution in [3.05, 3.63) is 63.6 Å². The molecule has 2 rings (SSSR count). The molecule has 0 bridgehead atoms. The van der Waals surface area contributed by atoms with Gasteiger partial charge in [0.2, 0.25) is 6.10 Å². The third kappa shape index (κ3) is 4.66. The average Bonchev–Trinajstić information content (AvgIpc) is 2.52. The Balaban J connectivity index is 2.26. The maximum absolute atomic E-state index is 12.4. The van der Waals surface area contributed by atoms with Gasteiger partial charge in [-0.25, -0.2) is 0 Å². The van der Waals surface area contributed by atoms with Crippen LogP contribution in [0, 0.1) is 0 Å². The Morgan fingerprint density at radius 1 is 1.27 bits per heavy atom. The summed E-state index contributed by atoms with van der Waals surface area (Å²) >= 11 is 13.6. The van der Waals surface area contributed by atoms with Gasteiger partial charge in [-0.15, -0.1) is 0 Å². The summed E-state index contributed by atoms with van der Waals surface area (Å²) in [6, 6.07) is 14.6. The van der Waals surface area contributed by atoms with Gasteiger partial charge in [-0.1, -0.05) is 57.9 Å². The Kier molecular flexibility index (Phi) is 6.61. The fraction of sp³-hybridized carbons (Fsp3) is 0.188. The molecule has 0 fully saturated rings. The molecule has 1 unspecified atom stereocenters. The van der Waals surface area contributed by atoms with Crippen LogP contribution in [-0.2, 0) is 4.79 Å². The van der Waals surface area contributed by atoms with Crippen LogP contribution in [0.3, 0.4) is 0 Å². The molecule has 0 aromatic heterocycles. The molecule has 0 saturated carbocycles. The summed E-state index contributed by atoms with van der Waals surface area (Å²) in [5.41, 5.74) is 0.762. The van der Waals surface area contributed by atoms with E-state index in [-0.39, 0.29) is 5.91 Å². The van der Waals surface area contributed by atoms with Gasteiger partial charge < -0.3 is 10.1 Å². The molecule has 0 spiro atoms. The van der Waals surface area contributed by atoms with E-state index < -0.39 is 6.10 Å². The Morgan fingerprint density at radius 2 is 2.00 bits per heavy atom. The fourth-order valence-corrected chi connectivity index (χ4v) is 2.70. The van der Waals surface area contributed by atoms with E-state index in [1.165, 1.54) is 0 Å². The molecule has 0 aliphatic heterocycles. The second-order valence-electron chi connectivity index (χ2n) is 4.50. The van der Waals surface area contributed by atoms with Crippen molar-refractivity contribution in [2.24, 2.45) is 0 Å². The Hall–Kier alpha value is -1.17. The lowest BCUT2D eigenvalue weighted by Gasteiger charge is -2.19. The van der Waals surface area contributed by atoms with Crippen molar-refractivity contribution in [1.82, 2.24) is 5.32 Å². The minimum Gasteiger partial charge on any atom is -0.474 e. The number of amides is 1. The minimum atomic E-state index is -0.764. The van der Waals surface area contributed by atoms with E-state index in [0.29, 0.717) is 23.1 Å². The molecule has 1 amide bonds. The van der Waals surface area contributed by atoms with Gasteiger partial charge >= 0.3 is 0 Å². The zero-order chi connectivity index (χ0) is 15.9. The van der Waals surface area contributed by atoms with Crippen LogP contribution in [0.5, 0.6) is 5.75 Å². The molecule has 116 valence electrons. The maximum atomic E-state index is 12.4. The molecular formula is C16H15BrClNO2S. The van der Waals surface area contributed by atoms with Gasteiger partial charge in [0.1, 0.15) is 5.75 Å². The highest BCUT2D eigenvalue weighted by Gasteiger charge is 2.23. The number of benzene rings is 2. The van der Waals surface area contributed by atoms with Crippen LogP contribution in [0.1, 0.15) is 11.7 Å². The smallest absolute Gasteiger partial charge is 0.265 e. The number of nitrogens with one attached hydrogen (secondary N) is 1.